The Morgan fingerprint density at radius 1 is 0.509 bits per heavy atom. The van der Waals surface area contributed by atoms with E-state index in [1.165, 1.54) is 89.9 Å². The van der Waals surface area contributed by atoms with Crippen LogP contribution in [0.4, 0.5) is 31.8 Å². The van der Waals surface area contributed by atoms with Crippen LogP contribution in [-0.4, -0.2) is 159 Å². The van der Waals surface area contributed by atoms with Gasteiger partial charge in [-0.25, -0.2) is 14.4 Å². The first-order valence-corrected chi connectivity index (χ1v) is 46.1. The molecule has 24 nitrogen and oxygen atoms in total. The predicted octanol–water partition coefficient (Wildman–Crippen LogP) is 21.3. The van der Waals surface area contributed by atoms with E-state index in [4.69, 9.17) is 29.0 Å². The number of fused-ring (bicyclic) bond motifs is 1. The van der Waals surface area contributed by atoms with Crippen molar-refractivity contribution in [1.29, 1.82) is 0 Å². The summed E-state index contributed by atoms with van der Waals surface area (Å²) in [6.45, 7) is 45.3. The lowest BCUT2D eigenvalue weighted by atomic mass is 9.91. The van der Waals surface area contributed by atoms with Crippen molar-refractivity contribution in [3.8, 4) is 6.01 Å². The second kappa shape index (κ2) is 54.9. The lowest BCUT2D eigenvalue weighted by Crippen LogP contribution is -2.42. The van der Waals surface area contributed by atoms with Crippen molar-refractivity contribution < 1.29 is 56.9 Å². The Hall–Kier alpha value is -5.97. The SMILES string of the molecule is CCCCNc1nc(N)c2nc(O)n(Cc3ccc(NC(=O)[C@H](CCC(=O)NCCCN(CCCCN(CCCNC(=O)OC(C)(C)C)C(=O)OC(C)(C)C)C(=O)OC(C)(C)C)NCCCP(=O)(OCCC(C)CCCC(C)CCCC(C)CCCC(C)C)OCCC(C)CCCC(C)CCCC(C)CCCC(C)C)cc3)c2n1. The highest BCUT2D eigenvalue weighted by molar-refractivity contribution is 7.53. The number of hydrogen-bond acceptors (Lipinski definition) is 18. The number of aromatic hydroxyl groups is 1. The Balaban J connectivity index is 1.78. The smallest absolute Gasteiger partial charge is 0.410 e. The number of benzene rings is 1. The highest BCUT2D eigenvalue weighted by atomic mass is 31.2. The first-order chi connectivity index (χ1) is 53.7. The van der Waals surface area contributed by atoms with E-state index in [0.29, 0.717) is 119 Å². The normalized spacial score (nSPS) is 14.5. The maximum atomic E-state index is 15.0. The van der Waals surface area contributed by atoms with E-state index in [1.54, 1.807) is 88.8 Å². The molecule has 656 valence electrons. The molecule has 0 spiro atoms. The third-order valence-electron chi connectivity index (χ3n) is 20.9. The topological polar surface area (TPSA) is 305 Å². The number of carbonyl (C=O) groups is 5. The van der Waals surface area contributed by atoms with Gasteiger partial charge in [0, 0.05) is 57.9 Å². The van der Waals surface area contributed by atoms with Crippen LogP contribution in [0, 0.1) is 47.3 Å². The van der Waals surface area contributed by atoms with Crippen molar-refractivity contribution in [3.63, 3.8) is 0 Å². The van der Waals surface area contributed by atoms with Gasteiger partial charge in [-0.05, 0) is 192 Å². The number of imidazole rings is 1. The monoisotopic (exact) mass is 1620 g/mol. The molecule has 2 heterocycles. The molecule has 0 bridgehead atoms. The van der Waals surface area contributed by atoms with Gasteiger partial charge in [0.2, 0.25) is 17.8 Å². The van der Waals surface area contributed by atoms with Crippen LogP contribution in [0.15, 0.2) is 24.3 Å². The van der Waals surface area contributed by atoms with Gasteiger partial charge in [0.25, 0.3) is 6.01 Å². The fourth-order valence-corrected chi connectivity index (χ4v) is 15.5. The molecule has 0 saturated carbocycles. The molecule has 8 N–H and O–H groups in total. The van der Waals surface area contributed by atoms with Gasteiger partial charge in [0.15, 0.2) is 17.0 Å². The Kier molecular flexibility index (Phi) is 49.2. The summed E-state index contributed by atoms with van der Waals surface area (Å²) in [6.07, 6.45) is 27.1. The lowest BCUT2D eigenvalue weighted by molar-refractivity contribution is -0.122. The number of nitrogen functional groups attached to an aromatic ring is 1. The van der Waals surface area contributed by atoms with Gasteiger partial charge in [-0.3, -0.25) is 18.7 Å². The van der Waals surface area contributed by atoms with Crippen molar-refractivity contribution in [2.24, 2.45) is 47.3 Å². The number of hydrogen-bond donors (Lipinski definition) is 7. The first kappa shape index (κ1) is 102. The number of unbranched alkanes of at least 4 members (excludes halogenated alkanes) is 2. The Labute approximate surface area is 690 Å². The Morgan fingerprint density at radius 2 is 0.939 bits per heavy atom. The van der Waals surface area contributed by atoms with Crippen LogP contribution in [0.5, 0.6) is 6.01 Å². The molecule has 2 aromatic heterocycles. The van der Waals surface area contributed by atoms with E-state index in [-0.39, 0.29) is 74.3 Å². The molecule has 0 radical (unpaired) electrons. The van der Waals surface area contributed by atoms with Crippen molar-refractivity contribution in [3.05, 3.63) is 29.8 Å². The molecule has 114 heavy (non-hydrogen) atoms. The van der Waals surface area contributed by atoms with E-state index < -0.39 is 48.7 Å². The quantitative estimate of drug-likeness (QED) is 0.0157. The zero-order valence-electron chi connectivity index (χ0n) is 75.1. The molecule has 0 aliphatic carbocycles. The first-order valence-electron chi connectivity index (χ1n) is 44.4. The summed E-state index contributed by atoms with van der Waals surface area (Å²) in [5.41, 5.74) is 6.10. The number of carbonyl (C=O) groups excluding carboxylic acids is 5. The second-order valence-corrected chi connectivity index (χ2v) is 39.4. The highest BCUT2D eigenvalue weighted by Gasteiger charge is 2.29. The summed E-state index contributed by atoms with van der Waals surface area (Å²) in [7, 11) is -3.59. The average molecular weight is 1620 g/mol. The lowest BCUT2D eigenvalue weighted by Gasteiger charge is -2.29. The zero-order chi connectivity index (χ0) is 84.9. The minimum atomic E-state index is -3.59. The number of aromatic nitrogens is 4. The van der Waals surface area contributed by atoms with Crippen LogP contribution in [0.2, 0.25) is 0 Å². The molecule has 7 atom stereocenters. The molecular weight excluding hydrogens is 1460 g/mol. The van der Waals surface area contributed by atoms with Crippen molar-refractivity contribution in [2.75, 3.05) is 88.1 Å². The number of rotatable bonds is 61. The van der Waals surface area contributed by atoms with E-state index >= 15 is 0 Å². The number of anilines is 3. The number of amides is 5. The molecule has 0 saturated heterocycles. The maximum Gasteiger partial charge on any atom is 0.410 e. The molecule has 3 aromatic rings. The molecule has 6 unspecified atom stereocenters. The van der Waals surface area contributed by atoms with Crippen molar-refractivity contribution in [1.82, 2.24) is 45.3 Å². The largest absolute Gasteiger partial charge is 0.480 e. The predicted molar refractivity (Wildman–Crippen MR) is 467 cm³/mol. The number of alkyl carbamates (subject to hydrolysis) is 1. The number of ether oxygens (including phenoxy) is 3. The Morgan fingerprint density at radius 3 is 1.38 bits per heavy atom. The van der Waals surface area contributed by atoms with E-state index in [9.17, 15) is 33.6 Å². The summed E-state index contributed by atoms with van der Waals surface area (Å²) < 4.78 is 46.3. The van der Waals surface area contributed by atoms with E-state index in [1.807, 2.05) is 12.1 Å². The molecule has 25 heteroatoms. The third kappa shape index (κ3) is 48.0. The van der Waals surface area contributed by atoms with Gasteiger partial charge >= 0.3 is 25.9 Å². The van der Waals surface area contributed by atoms with Gasteiger partial charge in [-0.1, -0.05) is 210 Å². The molecule has 0 fully saturated rings. The Bertz CT molecular complexity index is 3150. The highest BCUT2D eigenvalue weighted by Crippen LogP contribution is 2.49. The average Bonchev–Trinajstić information content (AvgIpc) is 1.63. The summed E-state index contributed by atoms with van der Waals surface area (Å²) in [5.74, 6) is 5.12. The van der Waals surface area contributed by atoms with Crippen LogP contribution in [-0.2, 0) is 44.0 Å². The second-order valence-electron chi connectivity index (χ2n) is 37.2. The van der Waals surface area contributed by atoms with Gasteiger partial charge in [0.05, 0.1) is 32.0 Å². The molecule has 0 aliphatic heterocycles. The summed E-state index contributed by atoms with van der Waals surface area (Å²) in [5, 5.41) is 26.4. The summed E-state index contributed by atoms with van der Waals surface area (Å²) in [4.78, 5) is 84.2. The molecular formula is C89H163N12O12P. The fourth-order valence-electron chi connectivity index (χ4n) is 13.9. The maximum absolute atomic E-state index is 15.0. The number of nitrogens with one attached hydrogen (secondary N) is 5. The van der Waals surface area contributed by atoms with Crippen LogP contribution >= 0.6 is 7.60 Å². The standard InChI is InChI=1S/C89H163N12O12P/c1-21-22-54-93-82-97-79(90)78-80(98-82)101(83(104)96-78)65-74-46-48-75(49-47-74)95-81(103)76(50-51-77(102)92-55-31-60-99(85(106)112-88(15,16)17)58-23-24-59-100(86(107)113-89(18,19)20)61-32-56-94-84(105)111-87(12,13)14)91-57-33-64-114(108,109-62-52-72(10)44-29-42-70(8)40-27-38-68(6)36-25-34-66(2)3)110-63-53-73(11)45-30-43-71(9)41-28-39-69(7)37-26-35-67(4)5/h46-49,66-73,76,91H,21-45,50-65H2,1-20H3,(H,92,102)(H,94,105)(H,95,103)(H,96,104)(H3,90,93,97,98)/t68?,69?,70?,71?,72?,73?,76-,114?/m0/s1. The molecule has 0 aliphatic rings. The van der Waals surface area contributed by atoms with Crippen LogP contribution in [0.1, 0.15) is 330 Å². The summed E-state index contributed by atoms with van der Waals surface area (Å²) in [6, 6.07) is 6.10. The number of nitrogens with zero attached hydrogens (tertiary/aromatic N) is 6. The van der Waals surface area contributed by atoms with Crippen LogP contribution < -0.4 is 32.3 Å². The van der Waals surface area contributed by atoms with Crippen molar-refractivity contribution in [2.45, 2.75) is 354 Å². The summed E-state index contributed by atoms with van der Waals surface area (Å²) >= 11 is 0. The van der Waals surface area contributed by atoms with Gasteiger partial charge in [-0.15, -0.1) is 0 Å². The van der Waals surface area contributed by atoms with Crippen LogP contribution in [0.25, 0.3) is 11.2 Å². The van der Waals surface area contributed by atoms with Gasteiger partial charge in [-0.2, -0.15) is 15.0 Å². The number of nitrogens with two attached hydrogens (primary N) is 1. The molecule has 1 aromatic carbocycles. The van der Waals surface area contributed by atoms with Crippen molar-refractivity contribution >= 4 is 66.3 Å². The van der Waals surface area contributed by atoms with Gasteiger partial charge in [0.1, 0.15) is 16.8 Å². The molecule has 5 amide bonds. The third-order valence-corrected chi connectivity index (χ3v) is 22.9. The minimum absolute atomic E-state index is 0.00783. The minimum Gasteiger partial charge on any atom is -0.480 e. The zero-order valence-corrected chi connectivity index (χ0v) is 76.0. The van der Waals surface area contributed by atoms with Gasteiger partial charge < -0.3 is 70.5 Å². The fraction of sp³-hybridized carbons (Fsp3) is 0.820. The molecule has 3 rings (SSSR count). The van der Waals surface area contributed by atoms with E-state index in [2.05, 4.69) is 118 Å². The van der Waals surface area contributed by atoms with Crippen LogP contribution in [0.3, 0.4) is 0 Å². The van der Waals surface area contributed by atoms with E-state index in [0.717, 1.165) is 80.6 Å².